The first-order valence-corrected chi connectivity index (χ1v) is 10.2. The summed E-state index contributed by atoms with van der Waals surface area (Å²) in [4.78, 5) is 26.9. The molecule has 1 atom stereocenters. The quantitative estimate of drug-likeness (QED) is 0.581. The van der Waals surface area contributed by atoms with Crippen LogP contribution in [0.25, 0.3) is 0 Å². The molecular weight excluding hydrogens is 416 g/mol. The number of nitrogens with zero attached hydrogens (tertiary/aromatic N) is 1. The number of carbonyl (C=O) groups is 2. The molecule has 0 aromatic heterocycles. The Bertz CT molecular complexity index is 1090. The topological polar surface area (TPSA) is 67.9 Å². The minimum absolute atomic E-state index is 0.122. The number of anilines is 2. The molecule has 1 heterocycles. The van der Waals surface area contributed by atoms with Crippen molar-refractivity contribution in [1.82, 2.24) is 0 Å². The molecule has 0 radical (unpaired) electrons. The smallest absolute Gasteiger partial charge is 0.229 e. The van der Waals surface area contributed by atoms with Crippen molar-refractivity contribution < 1.29 is 19.1 Å². The number of benzene rings is 3. The fourth-order valence-electron chi connectivity index (χ4n) is 3.47. The van der Waals surface area contributed by atoms with Crippen LogP contribution in [-0.4, -0.2) is 25.5 Å². The normalized spacial score (nSPS) is 15.6. The second kappa shape index (κ2) is 9.10. The summed E-state index contributed by atoms with van der Waals surface area (Å²) < 4.78 is 11.1. The van der Waals surface area contributed by atoms with Gasteiger partial charge >= 0.3 is 0 Å². The maximum absolute atomic E-state index is 12.8. The monoisotopic (exact) mass is 436 g/mol. The molecule has 1 saturated heterocycles. The van der Waals surface area contributed by atoms with Crippen LogP contribution in [0.5, 0.6) is 17.2 Å². The third-order valence-electron chi connectivity index (χ3n) is 5.03. The molecule has 0 saturated carbocycles. The van der Waals surface area contributed by atoms with Crippen LogP contribution in [0.4, 0.5) is 11.4 Å². The minimum atomic E-state index is -0.476. The van der Waals surface area contributed by atoms with Gasteiger partial charge in [0.05, 0.1) is 18.7 Å². The van der Waals surface area contributed by atoms with Crippen LogP contribution in [0.1, 0.15) is 6.42 Å². The standard InChI is InChI=1S/C24H21ClN2O4/c1-30-22-12-7-17(25)14-21(22)27-15-16(13-23(27)28)24(29)26-18-8-10-20(11-9-18)31-19-5-3-2-4-6-19/h2-12,14,16H,13,15H2,1H3,(H,26,29)/t16-/m1/s1. The second-order valence-electron chi connectivity index (χ2n) is 7.15. The van der Waals surface area contributed by atoms with Gasteiger partial charge in [-0.15, -0.1) is 0 Å². The van der Waals surface area contributed by atoms with Gasteiger partial charge in [0, 0.05) is 23.7 Å². The van der Waals surface area contributed by atoms with Gasteiger partial charge in [-0.25, -0.2) is 0 Å². The molecule has 3 aromatic rings. The van der Waals surface area contributed by atoms with Gasteiger partial charge in [-0.3, -0.25) is 9.59 Å². The van der Waals surface area contributed by atoms with Crippen LogP contribution in [0.15, 0.2) is 72.8 Å². The van der Waals surface area contributed by atoms with E-state index in [4.69, 9.17) is 21.1 Å². The maximum atomic E-state index is 12.8. The van der Waals surface area contributed by atoms with Crippen LogP contribution >= 0.6 is 11.6 Å². The first kappa shape index (κ1) is 20.8. The molecule has 158 valence electrons. The first-order valence-electron chi connectivity index (χ1n) is 9.81. The Morgan fingerprint density at radius 2 is 1.74 bits per heavy atom. The average Bonchev–Trinajstić information content (AvgIpc) is 3.17. The van der Waals surface area contributed by atoms with Crippen LogP contribution in [-0.2, 0) is 9.59 Å². The predicted octanol–water partition coefficient (Wildman–Crippen LogP) is 5.13. The van der Waals surface area contributed by atoms with E-state index in [0.29, 0.717) is 27.9 Å². The van der Waals surface area contributed by atoms with E-state index in [2.05, 4.69) is 5.32 Å². The van der Waals surface area contributed by atoms with Gasteiger partial charge in [0.25, 0.3) is 0 Å². The number of rotatable bonds is 6. The Morgan fingerprint density at radius 3 is 2.45 bits per heavy atom. The molecule has 31 heavy (non-hydrogen) atoms. The highest BCUT2D eigenvalue weighted by atomic mass is 35.5. The first-order chi connectivity index (χ1) is 15.0. The fourth-order valence-corrected chi connectivity index (χ4v) is 3.63. The predicted molar refractivity (Wildman–Crippen MR) is 120 cm³/mol. The zero-order valence-corrected chi connectivity index (χ0v) is 17.6. The fraction of sp³-hybridized carbons (Fsp3) is 0.167. The van der Waals surface area contributed by atoms with Gasteiger partial charge in [0.15, 0.2) is 0 Å². The van der Waals surface area contributed by atoms with E-state index in [-0.39, 0.29) is 24.8 Å². The van der Waals surface area contributed by atoms with Gasteiger partial charge in [0.1, 0.15) is 17.2 Å². The molecule has 7 heteroatoms. The molecule has 4 rings (SSSR count). The van der Waals surface area contributed by atoms with E-state index in [9.17, 15) is 9.59 Å². The average molecular weight is 437 g/mol. The van der Waals surface area contributed by atoms with E-state index >= 15 is 0 Å². The highest BCUT2D eigenvalue weighted by Gasteiger charge is 2.36. The lowest BCUT2D eigenvalue weighted by molar-refractivity contribution is -0.122. The molecule has 0 unspecified atom stereocenters. The molecule has 1 fully saturated rings. The summed E-state index contributed by atoms with van der Waals surface area (Å²) in [5.74, 6) is 1.10. The lowest BCUT2D eigenvalue weighted by atomic mass is 10.1. The van der Waals surface area contributed by atoms with Gasteiger partial charge in [-0.2, -0.15) is 0 Å². The molecular formula is C24H21ClN2O4. The van der Waals surface area contributed by atoms with Crippen molar-refractivity contribution in [3.8, 4) is 17.2 Å². The number of hydrogen-bond donors (Lipinski definition) is 1. The van der Waals surface area contributed by atoms with E-state index in [0.717, 1.165) is 5.75 Å². The summed E-state index contributed by atoms with van der Waals surface area (Å²) in [7, 11) is 1.53. The number of para-hydroxylation sites is 1. The maximum Gasteiger partial charge on any atom is 0.229 e. The van der Waals surface area contributed by atoms with Crippen molar-refractivity contribution in [2.45, 2.75) is 6.42 Å². The number of hydrogen-bond acceptors (Lipinski definition) is 4. The van der Waals surface area contributed by atoms with E-state index in [1.165, 1.54) is 7.11 Å². The molecule has 3 aromatic carbocycles. The van der Waals surface area contributed by atoms with E-state index in [1.807, 2.05) is 30.3 Å². The molecule has 1 aliphatic heterocycles. The molecule has 1 N–H and O–H groups in total. The van der Waals surface area contributed by atoms with Crippen molar-refractivity contribution >= 4 is 34.8 Å². The number of carbonyl (C=O) groups excluding carboxylic acids is 2. The van der Waals surface area contributed by atoms with Gasteiger partial charge in [-0.1, -0.05) is 29.8 Å². The molecule has 0 bridgehead atoms. The highest BCUT2D eigenvalue weighted by molar-refractivity contribution is 6.31. The van der Waals surface area contributed by atoms with Crippen LogP contribution in [0.3, 0.4) is 0 Å². The van der Waals surface area contributed by atoms with Crippen LogP contribution < -0.4 is 19.7 Å². The van der Waals surface area contributed by atoms with Crippen LogP contribution in [0, 0.1) is 5.92 Å². The van der Waals surface area contributed by atoms with Gasteiger partial charge < -0.3 is 19.7 Å². The van der Waals surface area contributed by atoms with Crippen molar-refractivity contribution in [1.29, 1.82) is 0 Å². The van der Waals surface area contributed by atoms with Crippen molar-refractivity contribution in [2.75, 3.05) is 23.9 Å². The highest BCUT2D eigenvalue weighted by Crippen LogP contribution is 2.35. The van der Waals surface area contributed by atoms with Gasteiger partial charge in [-0.05, 0) is 54.6 Å². The largest absolute Gasteiger partial charge is 0.495 e. The number of halogens is 1. The Hall–Kier alpha value is -3.51. The van der Waals surface area contributed by atoms with E-state index < -0.39 is 5.92 Å². The zero-order chi connectivity index (χ0) is 21.8. The number of ether oxygens (including phenoxy) is 2. The summed E-state index contributed by atoms with van der Waals surface area (Å²) in [6, 6.07) is 21.6. The van der Waals surface area contributed by atoms with Gasteiger partial charge in [0.2, 0.25) is 11.8 Å². The Labute approximate surface area is 185 Å². The summed E-state index contributed by atoms with van der Waals surface area (Å²) in [6.45, 7) is 0.260. The Morgan fingerprint density at radius 1 is 1.03 bits per heavy atom. The number of amides is 2. The third-order valence-corrected chi connectivity index (χ3v) is 5.26. The van der Waals surface area contributed by atoms with Crippen molar-refractivity contribution in [2.24, 2.45) is 5.92 Å². The molecule has 2 amide bonds. The number of methoxy groups -OCH3 is 1. The third kappa shape index (κ3) is 4.81. The lowest BCUT2D eigenvalue weighted by Crippen LogP contribution is -2.28. The van der Waals surface area contributed by atoms with Crippen molar-refractivity contribution in [3.63, 3.8) is 0 Å². The van der Waals surface area contributed by atoms with Crippen LogP contribution in [0.2, 0.25) is 5.02 Å². The molecule has 1 aliphatic rings. The molecule has 6 nitrogen and oxygen atoms in total. The SMILES string of the molecule is COc1ccc(Cl)cc1N1C[C@H](C(=O)Nc2ccc(Oc3ccccc3)cc2)CC1=O. The molecule has 0 spiro atoms. The Kier molecular flexibility index (Phi) is 6.09. The lowest BCUT2D eigenvalue weighted by Gasteiger charge is -2.20. The summed E-state index contributed by atoms with van der Waals surface area (Å²) in [5.41, 5.74) is 1.20. The summed E-state index contributed by atoms with van der Waals surface area (Å²) in [6.07, 6.45) is 0.122. The molecule has 0 aliphatic carbocycles. The summed E-state index contributed by atoms with van der Waals surface area (Å²) in [5, 5.41) is 3.37. The van der Waals surface area contributed by atoms with Crippen molar-refractivity contribution in [3.05, 3.63) is 77.8 Å². The Balaban J connectivity index is 1.40. The second-order valence-corrected chi connectivity index (χ2v) is 7.59. The number of nitrogens with one attached hydrogen (secondary N) is 1. The van der Waals surface area contributed by atoms with E-state index in [1.54, 1.807) is 47.4 Å². The zero-order valence-electron chi connectivity index (χ0n) is 16.9. The summed E-state index contributed by atoms with van der Waals surface area (Å²) >= 11 is 6.09. The minimum Gasteiger partial charge on any atom is -0.495 e.